The van der Waals surface area contributed by atoms with E-state index in [1.54, 1.807) is 0 Å². The van der Waals surface area contributed by atoms with Gasteiger partial charge in [-0.1, -0.05) is 20.3 Å². The van der Waals surface area contributed by atoms with E-state index in [1.807, 2.05) is 0 Å². The van der Waals surface area contributed by atoms with Crippen molar-refractivity contribution in [2.45, 2.75) is 39.5 Å². The summed E-state index contributed by atoms with van der Waals surface area (Å²) in [6.07, 6.45) is 5.19. The van der Waals surface area contributed by atoms with Crippen LogP contribution in [0.2, 0.25) is 0 Å². The van der Waals surface area contributed by atoms with Crippen molar-refractivity contribution in [1.82, 2.24) is 10.2 Å². The maximum absolute atomic E-state index is 5.69. The molecule has 2 saturated heterocycles. The Labute approximate surface area is 112 Å². The number of rotatable bonds is 7. The van der Waals surface area contributed by atoms with E-state index in [0.717, 1.165) is 32.2 Å². The summed E-state index contributed by atoms with van der Waals surface area (Å²) in [6, 6.07) is 0. The predicted octanol–water partition coefficient (Wildman–Crippen LogP) is 2.12. The monoisotopic (exact) mass is 254 g/mol. The number of likely N-dealkylation sites (tertiary alicyclic amines) is 1. The Bertz CT molecular complexity index is 239. The van der Waals surface area contributed by atoms with Crippen molar-refractivity contribution in [1.29, 1.82) is 0 Å². The van der Waals surface area contributed by atoms with Gasteiger partial charge in [0.2, 0.25) is 0 Å². The molecule has 2 aliphatic rings. The smallest absolute Gasteiger partial charge is 0.0547 e. The molecule has 18 heavy (non-hydrogen) atoms. The molecule has 3 heteroatoms. The highest BCUT2D eigenvalue weighted by Gasteiger charge is 2.37. The average Bonchev–Trinajstić information content (AvgIpc) is 3.00. The first kappa shape index (κ1) is 14.3. The zero-order valence-electron chi connectivity index (χ0n) is 12.2. The third-order valence-corrected chi connectivity index (χ3v) is 4.62. The fraction of sp³-hybridized carbons (Fsp3) is 1.00. The van der Waals surface area contributed by atoms with Crippen molar-refractivity contribution in [3.05, 3.63) is 0 Å². The number of hydrogen-bond acceptors (Lipinski definition) is 3. The number of hydrogen-bond donors (Lipinski definition) is 1. The molecular formula is C15H30N2O. The summed E-state index contributed by atoms with van der Waals surface area (Å²) >= 11 is 0. The van der Waals surface area contributed by atoms with Crippen LogP contribution in [0, 0.1) is 11.3 Å². The molecule has 2 heterocycles. The van der Waals surface area contributed by atoms with Crippen LogP contribution < -0.4 is 5.32 Å². The number of ether oxygens (including phenoxy) is 1. The van der Waals surface area contributed by atoms with Crippen LogP contribution in [0.5, 0.6) is 0 Å². The predicted molar refractivity (Wildman–Crippen MR) is 75.9 cm³/mol. The zero-order valence-corrected chi connectivity index (χ0v) is 12.2. The standard InChI is InChI=1S/C15H30N2O/c1-3-7-16-11-15(6-9-18-13-15)12-17-8-5-14(4-2)10-17/h14,16H,3-13H2,1-2H3. The molecule has 0 saturated carbocycles. The second kappa shape index (κ2) is 6.88. The molecule has 2 fully saturated rings. The molecule has 0 radical (unpaired) electrons. The lowest BCUT2D eigenvalue weighted by molar-refractivity contribution is 0.117. The topological polar surface area (TPSA) is 24.5 Å². The lowest BCUT2D eigenvalue weighted by Crippen LogP contribution is -2.44. The second-order valence-electron chi connectivity index (χ2n) is 6.28. The summed E-state index contributed by atoms with van der Waals surface area (Å²) < 4.78 is 5.69. The maximum atomic E-state index is 5.69. The minimum Gasteiger partial charge on any atom is -0.381 e. The van der Waals surface area contributed by atoms with Gasteiger partial charge in [-0.15, -0.1) is 0 Å². The van der Waals surface area contributed by atoms with Crippen LogP contribution in [0.1, 0.15) is 39.5 Å². The average molecular weight is 254 g/mol. The SMILES string of the molecule is CCCNCC1(CN2CCC(CC)C2)CCOC1. The van der Waals surface area contributed by atoms with Crippen molar-refractivity contribution in [3.8, 4) is 0 Å². The van der Waals surface area contributed by atoms with Gasteiger partial charge in [0.15, 0.2) is 0 Å². The maximum Gasteiger partial charge on any atom is 0.0547 e. The molecule has 1 N–H and O–H groups in total. The molecule has 0 spiro atoms. The molecule has 0 aromatic rings. The van der Waals surface area contributed by atoms with E-state index in [1.165, 1.54) is 45.3 Å². The van der Waals surface area contributed by atoms with Gasteiger partial charge in [-0.2, -0.15) is 0 Å². The Morgan fingerprint density at radius 2 is 2.28 bits per heavy atom. The van der Waals surface area contributed by atoms with Crippen LogP contribution in [0.4, 0.5) is 0 Å². The van der Waals surface area contributed by atoms with Gasteiger partial charge in [0.25, 0.3) is 0 Å². The molecule has 2 aliphatic heterocycles. The summed E-state index contributed by atoms with van der Waals surface area (Å²) in [4.78, 5) is 2.68. The first-order valence-corrected chi connectivity index (χ1v) is 7.79. The molecule has 0 aromatic carbocycles. The van der Waals surface area contributed by atoms with Crippen molar-refractivity contribution in [2.24, 2.45) is 11.3 Å². The summed E-state index contributed by atoms with van der Waals surface area (Å²) in [6.45, 7) is 12.6. The fourth-order valence-corrected chi connectivity index (χ4v) is 3.36. The molecule has 0 bridgehead atoms. The highest BCUT2D eigenvalue weighted by molar-refractivity contribution is 4.90. The van der Waals surface area contributed by atoms with Crippen molar-refractivity contribution in [2.75, 3.05) is 45.9 Å². The first-order valence-electron chi connectivity index (χ1n) is 7.79. The van der Waals surface area contributed by atoms with Crippen molar-refractivity contribution in [3.63, 3.8) is 0 Å². The largest absolute Gasteiger partial charge is 0.381 e. The van der Waals surface area contributed by atoms with Gasteiger partial charge >= 0.3 is 0 Å². The molecule has 2 rings (SSSR count). The highest BCUT2D eigenvalue weighted by Crippen LogP contribution is 2.31. The molecular weight excluding hydrogens is 224 g/mol. The Balaban J connectivity index is 1.82. The van der Waals surface area contributed by atoms with Crippen molar-refractivity contribution < 1.29 is 4.74 Å². The van der Waals surface area contributed by atoms with E-state index in [9.17, 15) is 0 Å². The quantitative estimate of drug-likeness (QED) is 0.704. The zero-order chi connectivity index (χ0) is 12.8. The molecule has 3 nitrogen and oxygen atoms in total. The van der Waals surface area contributed by atoms with Gasteiger partial charge in [0.05, 0.1) is 6.61 Å². The Morgan fingerprint density at radius 1 is 1.39 bits per heavy atom. The van der Waals surface area contributed by atoms with E-state index >= 15 is 0 Å². The van der Waals surface area contributed by atoms with E-state index in [0.29, 0.717) is 5.41 Å². The Hall–Kier alpha value is -0.120. The van der Waals surface area contributed by atoms with Gasteiger partial charge in [0.1, 0.15) is 0 Å². The summed E-state index contributed by atoms with van der Waals surface area (Å²) in [5.74, 6) is 0.938. The number of nitrogens with one attached hydrogen (secondary N) is 1. The van der Waals surface area contributed by atoms with Crippen LogP contribution in [-0.2, 0) is 4.74 Å². The lowest BCUT2D eigenvalue weighted by Gasteiger charge is -2.32. The van der Waals surface area contributed by atoms with Crippen LogP contribution in [0.25, 0.3) is 0 Å². The second-order valence-corrected chi connectivity index (χ2v) is 6.28. The summed E-state index contributed by atoms with van der Waals surface area (Å²) in [5.41, 5.74) is 0.387. The van der Waals surface area contributed by atoms with E-state index in [2.05, 4.69) is 24.1 Å². The van der Waals surface area contributed by atoms with Crippen LogP contribution in [0.15, 0.2) is 0 Å². The minimum absolute atomic E-state index is 0.387. The molecule has 2 unspecified atom stereocenters. The van der Waals surface area contributed by atoms with Gasteiger partial charge in [-0.25, -0.2) is 0 Å². The van der Waals surface area contributed by atoms with Crippen molar-refractivity contribution >= 4 is 0 Å². The van der Waals surface area contributed by atoms with Crippen LogP contribution in [-0.4, -0.2) is 50.8 Å². The normalized spacial score (nSPS) is 33.3. The van der Waals surface area contributed by atoms with E-state index in [-0.39, 0.29) is 0 Å². The minimum atomic E-state index is 0.387. The lowest BCUT2D eigenvalue weighted by atomic mass is 9.86. The molecule has 2 atom stereocenters. The third-order valence-electron chi connectivity index (χ3n) is 4.62. The van der Waals surface area contributed by atoms with Crippen LogP contribution in [0.3, 0.4) is 0 Å². The molecule has 0 aromatic heterocycles. The van der Waals surface area contributed by atoms with E-state index < -0.39 is 0 Å². The van der Waals surface area contributed by atoms with Crippen LogP contribution >= 0.6 is 0 Å². The summed E-state index contributed by atoms with van der Waals surface area (Å²) in [7, 11) is 0. The fourth-order valence-electron chi connectivity index (χ4n) is 3.36. The van der Waals surface area contributed by atoms with Gasteiger partial charge in [0, 0.05) is 31.7 Å². The Morgan fingerprint density at radius 3 is 2.89 bits per heavy atom. The highest BCUT2D eigenvalue weighted by atomic mass is 16.5. The molecule has 0 amide bonds. The summed E-state index contributed by atoms with van der Waals surface area (Å²) in [5, 5.41) is 3.61. The van der Waals surface area contributed by atoms with Gasteiger partial charge in [-0.3, -0.25) is 0 Å². The number of nitrogens with zero attached hydrogens (tertiary/aromatic N) is 1. The van der Waals surface area contributed by atoms with E-state index in [4.69, 9.17) is 4.74 Å². The third kappa shape index (κ3) is 3.69. The first-order chi connectivity index (χ1) is 8.78. The Kier molecular flexibility index (Phi) is 5.46. The molecule has 106 valence electrons. The van der Waals surface area contributed by atoms with Gasteiger partial charge < -0.3 is 15.0 Å². The van der Waals surface area contributed by atoms with Gasteiger partial charge in [-0.05, 0) is 38.3 Å². The molecule has 0 aliphatic carbocycles.